The van der Waals surface area contributed by atoms with E-state index < -0.39 is 0 Å². The van der Waals surface area contributed by atoms with Crippen LogP contribution in [0.4, 0.5) is 0 Å². The summed E-state index contributed by atoms with van der Waals surface area (Å²) in [4.78, 5) is 0. The van der Waals surface area contributed by atoms with Crippen LogP contribution in [0.2, 0.25) is 0 Å². The Labute approximate surface area is 181 Å². The molecule has 0 saturated heterocycles. The first kappa shape index (κ1) is 20.8. The molecular weight excluding hydrogens is 554 g/mol. The zero-order valence-corrected chi connectivity index (χ0v) is 18.9. The lowest BCUT2D eigenvalue weighted by Crippen LogP contribution is -1.87. The smallest absolute Gasteiger partial charge is 0.136 e. The van der Waals surface area contributed by atoms with Crippen LogP contribution >= 0.6 is 45.2 Å². The summed E-state index contributed by atoms with van der Waals surface area (Å²) in [5.41, 5.74) is 1.29. The van der Waals surface area contributed by atoms with Gasteiger partial charge in [-0.15, -0.1) is 0 Å². The van der Waals surface area contributed by atoms with Crippen molar-refractivity contribution in [1.82, 2.24) is 0 Å². The molecule has 0 radical (unpaired) electrons. The summed E-state index contributed by atoms with van der Waals surface area (Å²) in [7, 11) is 1.59. The van der Waals surface area contributed by atoms with Gasteiger partial charge in [-0.25, -0.2) is 0 Å². The predicted molar refractivity (Wildman–Crippen MR) is 122 cm³/mol. The summed E-state index contributed by atoms with van der Waals surface area (Å²) in [6.45, 7) is 2.14. The number of halogens is 2. The minimum absolute atomic E-state index is 0.273. The summed E-state index contributed by atoms with van der Waals surface area (Å²) in [6.07, 6.45) is 1.03. The van der Waals surface area contributed by atoms with Crippen molar-refractivity contribution in [1.29, 1.82) is 0 Å². The minimum Gasteiger partial charge on any atom is -0.507 e. The van der Waals surface area contributed by atoms with Crippen molar-refractivity contribution in [2.75, 3.05) is 7.11 Å². The molecule has 3 aromatic carbocycles. The molecule has 3 nitrogen and oxygen atoms in total. The van der Waals surface area contributed by atoms with E-state index in [1.165, 1.54) is 5.56 Å². The van der Waals surface area contributed by atoms with E-state index in [4.69, 9.17) is 9.47 Å². The summed E-state index contributed by atoms with van der Waals surface area (Å²) < 4.78 is 12.5. The van der Waals surface area contributed by atoms with Crippen LogP contribution in [-0.2, 0) is 6.42 Å². The molecular formula is C21H20I2O3. The number of benzene rings is 3. The Morgan fingerprint density at radius 3 is 2.23 bits per heavy atom. The Balaban J connectivity index is 0.000000197. The van der Waals surface area contributed by atoms with E-state index in [1.807, 2.05) is 71.1 Å². The molecule has 0 aliphatic rings. The van der Waals surface area contributed by atoms with Crippen molar-refractivity contribution in [3.05, 3.63) is 79.4 Å². The first-order valence-electron chi connectivity index (χ1n) is 8.07. The molecule has 0 heterocycles. The Bertz CT molecular complexity index is 836. The Morgan fingerprint density at radius 1 is 0.885 bits per heavy atom. The molecule has 3 rings (SSSR count). The highest BCUT2D eigenvalue weighted by atomic mass is 127. The van der Waals surface area contributed by atoms with E-state index in [0.717, 1.165) is 30.8 Å². The zero-order valence-electron chi connectivity index (χ0n) is 14.6. The molecule has 0 amide bonds. The highest BCUT2D eigenvalue weighted by Crippen LogP contribution is 2.31. The highest BCUT2D eigenvalue weighted by molar-refractivity contribution is 14.1. The molecule has 0 unspecified atom stereocenters. The molecule has 0 aliphatic carbocycles. The van der Waals surface area contributed by atoms with E-state index in [0.29, 0.717) is 0 Å². The van der Waals surface area contributed by atoms with Gasteiger partial charge in [-0.2, -0.15) is 0 Å². The standard InChI is InChI=1S/C14H14O.C7H6I2O2/c1-2-12-7-6-10-14(11-12)15-13-8-4-3-5-9-13;1-11-6-3-4(8)2-5(10)7(6)9/h3-11H,2H2,1H3;2-3,10H,1H3. The number of aromatic hydroxyl groups is 1. The van der Waals surface area contributed by atoms with E-state index >= 15 is 0 Å². The highest BCUT2D eigenvalue weighted by Gasteiger charge is 2.05. The molecule has 1 N–H and O–H groups in total. The molecule has 0 bridgehead atoms. The normalized spacial score (nSPS) is 9.85. The SMILES string of the molecule is CCc1cccc(Oc2ccccc2)c1.COc1cc(I)cc(O)c1I. The van der Waals surface area contributed by atoms with Gasteiger partial charge in [-0.3, -0.25) is 0 Å². The molecule has 136 valence electrons. The molecule has 3 aromatic rings. The van der Waals surface area contributed by atoms with E-state index in [2.05, 4.69) is 41.6 Å². The molecule has 0 aliphatic heterocycles. The summed E-state index contributed by atoms with van der Waals surface area (Å²) in [5, 5.41) is 9.32. The zero-order chi connectivity index (χ0) is 18.9. The number of hydrogen-bond acceptors (Lipinski definition) is 3. The Kier molecular flexibility index (Phi) is 8.50. The van der Waals surface area contributed by atoms with Crippen molar-refractivity contribution >= 4 is 45.2 Å². The largest absolute Gasteiger partial charge is 0.507 e. The van der Waals surface area contributed by atoms with E-state index in [1.54, 1.807) is 13.2 Å². The third kappa shape index (κ3) is 6.35. The predicted octanol–water partition coefficient (Wildman–Crippen LogP) is 6.65. The van der Waals surface area contributed by atoms with Crippen molar-refractivity contribution in [2.24, 2.45) is 0 Å². The number of rotatable bonds is 4. The van der Waals surface area contributed by atoms with Crippen LogP contribution in [-0.4, -0.2) is 12.2 Å². The van der Waals surface area contributed by atoms with Crippen LogP contribution in [0.5, 0.6) is 23.0 Å². The van der Waals surface area contributed by atoms with Crippen LogP contribution in [0.1, 0.15) is 12.5 Å². The van der Waals surface area contributed by atoms with Crippen LogP contribution in [0.25, 0.3) is 0 Å². The summed E-state index contributed by atoms with van der Waals surface area (Å²) in [6, 6.07) is 21.6. The second kappa shape index (κ2) is 10.6. The molecule has 5 heteroatoms. The fourth-order valence-electron chi connectivity index (χ4n) is 2.15. The maximum Gasteiger partial charge on any atom is 0.136 e. The van der Waals surface area contributed by atoms with Gasteiger partial charge in [0.15, 0.2) is 0 Å². The fourth-order valence-corrected chi connectivity index (χ4v) is 3.26. The number of hydrogen-bond donors (Lipinski definition) is 1. The molecule has 26 heavy (non-hydrogen) atoms. The first-order chi connectivity index (χ1) is 12.5. The summed E-state index contributed by atoms with van der Waals surface area (Å²) >= 11 is 4.17. The third-order valence-corrected chi connectivity index (χ3v) is 5.20. The monoisotopic (exact) mass is 574 g/mol. The average molecular weight is 574 g/mol. The first-order valence-corrected chi connectivity index (χ1v) is 10.2. The average Bonchev–Trinajstić information content (AvgIpc) is 2.66. The third-order valence-electron chi connectivity index (χ3n) is 3.49. The van der Waals surface area contributed by atoms with E-state index in [9.17, 15) is 5.11 Å². The summed E-state index contributed by atoms with van der Waals surface area (Å²) in [5.74, 6) is 2.77. The van der Waals surface area contributed by atoms with Crippen molar-refractivity contribution in [2.45, 2.75) is 13.3 Å². The van der Waals surface area contributed by atoms with Crippen molar-refractivity contribution in [3.63, 3.8) is 0 Å². The van der Waals surface area contributed by atoms with Gasteiger partial charge < -0.3 is 14.6 Å². The van der Waals surface area contributed by atoms with Gasteiger partial charge in [0.05, 0.1) is 10.7 Å². The van der Waals surface area contributed by atoms with Gasteiger partial charge in [0.1, 0.15) is 23.0 Å². The molecule has 0 fully saturated rings. The van der Waals surface area contributed by atoms with Gasteiger partial charge in [-0.05, 0) is 93.6 Å². The van der Waals surface area contributed by atoms with Gasteiger partial charge in [0.25, 0.3) is 0 Å². The number of phenolic OH excluding ortho intramolecular Hbond substituents is 1. The van der Waals surface area contributed by atoms with Gasteiger partial charge >= 0.3 is 0 Å². The number of aryl methyl sites for hydroxylation is 1. The number of ether oxygens (including phenoxy) is 2. The molecule has 0 saturated carbocycles. The number of methoxy groups -OCH3 is 1. The quantitative estimate of drug-likeness (QED) is 0.355. The molecule has 0 atom stereocenters. The minimum atomic E-state index is 0.273. The van der Waals surface area contributed by atoms with Gasteiger partial charge in [0, 0.05) is 3.57 Å². The van der Waals surface area contributed by atoms with Crippen molar-refractivity contribution < 1.29 is 14.6 Å². The number of phenols is 1. The van der Waals surface area contributed by atoms with Crippen LogP contribution in [0.15, 0.2) is 66.7 Å². The topological polar surface area (TPSA) is 38.7 Å². The van der Waals surface area contributed by atoms with Crippen LogP contribution in [0.3, 0.4) is 0 Å². The van der Waals surface area contributed by atoms with E-state index in [-0.39, 0.29) is 5.75 Å². The Morgan fingerprint density at radius 2 is 1.58 bits per heavy atom. The second-order valence-electron chi connectivity index (χ2n) is 5.36. The lowest BCUT2D eigenvalue weighted by molar-refractivity contribution is 0.402. The van der Waals surface area contributed by atoms with Crippen LogP contribution < -0.4 is 9.47 Å². The maximum atomic E-state index is 9.32. The second-order valence-corrected chi connectivity index (χ2v) is 7.68. The lowest BCUT2D eigenvalue weighted by Gasteiger charge is -2.06. The fraction of sp³-hybridized carbons (Fsp3) is 0.143. The van der Waals surface area contributed by atoms with Crippen molar-refractivity contribution in [3.8, 4) is 23.0 Å². The Hall–Kier alpha value is -1.48. The number of para-hydroxylation sites is 1. The van der Waals surface area contributed by atoms with Gasteiger partial charge in [-0.1, -0.05) is 37.3 Å². The molecule has 0 aromatic heterocycles. The van der Waals surface area contributed by atoms with Crippen LogP contribution in [0, 0.1) is 7.14 Å². The lowest BCUT2D eigenvalue weighted by atomic mass is 10.2. The van der Waals surface area contributed by atoms with Gasteiger partial charge in [0.2, 0.25) is 0 Å². The maximum absolute atomic E-state index is 9.32. The molecule has 0 spiro atoms.